The van der Waals surface area contributed by atoms with Gasteiger partial charge in [-0.25, -0.2) is 9.98 Å². The van der Waals surface area contributed by atoms with Crippen molar-refractivity contribution in [3.8, 4) is 12.3 Å². The average Bonchev–Trinajstić information content (AvgIpc) is 3.06. The predicted molar refractivity (Wildman–Crippen MR) is 80.2 cm³/mol. The van der Waals surface area contributed by atoms with Crippen molar-refractivity contribution < 1.29 is 19.6 Å². The van der Waals surface area contributed by atoms with Crippen LogP contribution >= 0.6 is 0 Å². The molecule has 0 amide bonds. The van der Waals surface area contributed by atoms with Crippen molar-refractivity contribution in [3.05, 3.63) is 11.8 Å². The second kappa shape index (κ2) is 5.81. The average molecular weight is 302 g/mol. The molecule has 22 heavy (non-hydrogen) atoms. The first kappa shape index (κ1) is 14.6. The molecule has 114 valence electrons. The van der Waals surface area contributed by atoms with Crippen molar-refractivity contribution in [2.75, 3.05) is 13.2 Å². The van der Waals surface area contributed by atoms with E-state index < -0.39 is 18.3 Å². The van der Waals surface area contributed by atoms with Gasteiger partial charge in [0.1, 0.15) is 19.0 Å². The lowest BCUT2D eigenvalue weighted by molar-refractivity contribution is -0.515. The zero-order valence-electron chi connectivity index (χ0n) is 11.7. The summed E-state index contributed by atoms with van der Waals surface area (Å²) in [5.74, 6) is 2.53. The van der Waals surface area contributed by atoms with E-state index in [1.54, 1.807) is 10.9 Å². The lowest BCUT2D eigenvalue weighted by Gasteiger charge is -2.12. The van der Waals surface area contributed by atoms with Gasteiger partial charge in [-0.15, -0.1) is 6.42 Å². The number of hydrazone groups is 1. The number of rotatable bonds is 4. The highest BCUT2D eigenvalue weighted by molar-refractivity contribution is 6.71. The minimum absolute atomic E-state index is 0.0676. The molecule has 0 aromatic rings. The number of hydrogen-bond acceptors (Lipinski definition) is 6. The Morgan fingerprint density at radius 1 is 1.59 bits per heavy atom. The van der Waals surface area contributed by atoms with Crippen LogP contribution in [0.1, 0.15) is 6.42 Å². The van der Waals surface area contributed by atoms with E-state index in [1.807, 2.05) is 0 Å². The van der Waals surface area contributed by atoms with Crippen LogP contribution in [-0.4, -0.2) is 70.0 Å². The molecule has 0 unspecified atom stereocenters. The maximum Gasteiger partial charge on any atom is 0.305 e. The molecule has 3 aliphatic heterocycles. The molecule has 0 saturated carbocycles. The van der Waals surface area contributed by atoms with Gasteiger partial charge in [0.05, 0.1) is 24.4 Å². The molecule has 3 rings (SSSR count). The maximum atomic E-state index is 9.89. The van der Waals surface area contributed by atoms with Crippen LogP contribution in [0.3, 0.4) is 0 Å². The number of aliphatic hydroxyl groups is 2. The van der Waals surface area contributed by atoms with E-state index in [1.165, 1.54) is 6.34 Å². The van der Waals surface area contributed by atoms with Gasteiger partial charge in [0, 0.05) is 6.42 Å². The molecule has 0 aliphatic carbocycles. The first-order valence-electron chi connectivity index (χ1n) is 6.85. The molecule has 0 aromatic heterocycles. The molecule has 0 bridgehead atoms. The van der Waals surface area contributed by atoms with E-state index in [0.717, 1.165) is 5.57 Å². The highest BCUT2D eigenvalue weighted by Gasteiger charge is 2.45. The number of amidine groups is 1. The largest absolute Gasteiger partial charge is 0.394 e. The van der Waals surface area contributed by atoms with Crippen molar-refractivity contribution in [3.63, 3.8) is 0 Å². The van der Waals surface area contributed by atoms with Gasteiger partial charge in [-0.1, -0.05) is 10.6 Å². The van der Waals surface area contributed by atoms with E-state index >= 15 is 0 Å². The maximum absolute atomic E-state index is 9.89. The monoisotopic (exact) mass is 302 g/mol. The predicted octanol–water partition coefficient (Wildman–Crippen LogP) is -1.55. The van der Waals surface area contributed by atoms with Gasteiger partial charge in [-0.2, -0.15) is 5.43 Å². The zero-order chi connectivity index (χ0) is 15.7. The molecule has 1 fully saturated rings. The summed E-state index contributed by atoms with van der Waals surface area (Å²) >= 11 is 0. The smallest absolute Gasteiger partial charge is 0.305 e. The number of aliphatic hydroxyl groups excluding tert-OH is 2. The molecule has 3 heterocycles. The number of nitrogens with one attached hydrogen (secondary N) is 2. The summed E-state index contributed by atoms with van der Waals surface area (Å²) in [4.78, 5) is 8.10. The molecule has 0 spiro atoms. The number of terminal acetylenes is 1. The highest BCUT2D eigenvalue weighted by Crippen LogP contribution is 2.29. The Bertz CT molecular complexity index is 670. The lowest BCUT2D eigenvalue weighted by atomic mass is 9.99. The quantitative estimate of drug-likeness (QED) is 0.372. The Morgan fingerprint density at radius 2 is 2.41 bits per heavy atom. The Hall–Kier alpha value is -2.34. The van der Waals surface area contributed by atoms with Crippen LogP contribution in [0.4, 0.5) is 0 Å². The Balaban J connectivity index is 1.91. The second-order valence-corrected chi connectivity index (χ2v) is 5.06. The van der Waals surface area contributed by atoms with Crippen molar-refractivity contribution in [2.24, 2.45) is 9.98 Å². The number of fused-ring (bicyclic) bond motifs is 1. The highest BCUT2D eigenvalue weighted by atomic mass is 16.5. The molecular weight excluding hydrogens is 286 g/mol. The molecule has 4 N–H and O–H groups in total. The molecule has 8 heteroatoms. The van der Waals surface area contributed by atoms with Crippen LogP contribution in [-0.2, 0) is 4.74 Å². The topological polar surface area (TPSA) is 113 Å². The van der Waals surface area contributed by atoms with Crippen LogP contribution in [0, 0.1) is 17.8 Å². The first-order valence-corrected chi connectivity index (χ1v) is 6.85. The van der Waals surface area contributed by atoms with Crippen LogP contribution in [0.5, 0.6) is 0 Å². The Morgan fingerprint density at radius 3 is 3.09 bits per heavy atom. The molecule has 8 nitrogen and oxygen atoms in total. The van der Waals surface area contributed by atoms with Gasteiger partial charge >= 0.3 is 5.71 Å². The van der Waals surface area contributed by atoms with Crippen LogP contribution in [0.15, 0.2) is 21.8 Å². The van der Waals surface area contributed by atoms with E-state index in [4.69, 9.17) is 16.6 Å². The summed E-state index contributed by atoms with van der Waals surface area (Å²) in [6.07, 6.45) is 6.92. The summed E-state index contributed by atoms with van der Waals surface area (Å²) in [6, 6.07) is 0. The van der Waals surface area contributed by atoms with Crippen molar-refractivity contribution in [1.82, 2.24) is 5.43 Å². The number of hydrazine groups is 1. The third kappa shape index (κ3) is 2.35. The number of nitrogens with zero attached hydrogens (tertiary/aromatic N) is 3. The molecule has 0 radical (unpaired) electrons. The summed E-state index contributed by atoms with van der Waals surface area (Å²) in [5.41, 5.74) is 4.77. The molecule has 3 atom stereocenters. The lowest BCUT2D eigenvalue weighted by Crippen LogP contribution is -2.37. The van der Waals surface area contributed by atoms with Gasteiger partial charge in [-0.3, -0.25) is 5.41 Å². The Kier molecular flexibility index (Phi) is 3.85. The van der Waals surface area contributed by atoms with Gasteiger partial charge in [0.25, 0.3) is 0 Å². The fourth-order valence-corrected chi connectivity index (χ4v) is 2.67. The zero-order valence-corrected chi connectivity index (χ0v) is 11.7. The Labute approximate surface area is 127 Å². The van der Waals surface area contributed by atoms with Gasteiger partial charge in [0.15, 0.2) is 5.71 Å². The minimum atomic E-state index is -0.732. The third-order valence-electron chi connectivity index (χ3n) is 3.71. The van der Waals surface area contributed by atoms with E-state index in [2.05, 4.69) is 21.3 Å². The number of ether oxygens (including phenoxy) is 1. The van der Waals surface area contributed by atoms with E-state index in [0.29, 0.717) is 17.8 Å². The summed E-state index contributed by atoms with van der Waals surface area (Å²) in [7, 11) is 0. The van der Waals surface area contributed by atoms with Gasteiger partial charge in [0.2, 0.25) is 12.0 Å². The van der Waals surface area contributed by atoms with Crippen molar-refractivity contribution >= 4 is 23.6 Å². The second-order valence-electron chi connectivity index (χ2n) is 5.06. The number of hydrogen-bond donors (Lipinski definition) is 4. The van der Waals surface area contributed by atoms with Gasteiger partial charge in [-0.05, 0) is 0 Å². The fourth-order valence-electron chi connectivity index (χ4n) is 2.67. The van der Waals surface area contributed by atoms with E-state index in [9.17, 15) is 10.2 Å². The van der Waals surface area contributed by atoms with Crippen LogP contribution < -0.4 is 5.43 Å². The fraction of sp³-hybridized carbons (Fsp3) is 0.429. The van der Waals surface area contributed by atoms with E-state index in [-0.39, 0.29) is 19.0 Å². The summed E-state index contributed by atoms with van der Waals surface area (Å²) < 4.78 is 7.28. The normalized spacial score (nSPS) is 30.0. The molecular formula is C14H16N5O3+. The SMILES string of the molecule is C#CCN[N+]1=C2C(=N)N=CN=C2C([C@H]2C[C@H](O)[C@@H](CO)O2)=C1. The third-order valence-corrected chi connectivity index (χ3v) is 3.71. The van der Waals surface area contributed by atoms with Gasteiger partial charge < -0.3 is 14.9 Å². The number of aliphatic imine (C=N–C) groups is 2. The minimum Gasteiger partial charge on any atom is -0.394 e. The molecule has 3 aliphatic rings. The summed E-state index contributed by atoms with van der Waals surface area (Å²) in [5, 5.41) is 27.0. The van der Waals surface area contributed by atoms with Crippen molar-refractivity contribution in [1.29, 1.82) is 5.41 Å². The molecule has 0 aromatic carbocycles. The van der Waals surface area contributed by atoms with Crippen molar-refractivity contribution in [2.45, 2.75) is 24.7 Å². The standard InChI is InChI=1S/C14H16N5O3/c1-2-3-18-19-5-8(10-4-9(21)11(6-20)22-10)12-13(19)14(15)17-7-16-12/h1,5,7,9-11,15,18,20-21H,3-4,6H2/q+1/t9-,10+,11+/m0/s1. The molecule has 1 saturated heterocycles. The van der Waals surface area contributed by atoms with Crippen LogP contribution in [0.25, 0.3) is 0 Å². The summed E-state index contributed by atoms with van der Waals surface area (Å²) in [6.45, 7) is 0.0370. The van der Waals surface area contributed by atoms with Crippen LogP contribution in [0.2, 0.25) is 0 Å². The first-order chi connectivity index (χ1) is 10.7.